The lowest BCUT2D eigenvalue weighted by atomic mass is 9.95. The van der Waals surface area contributed by atoms with Crippen molar-refractivity contribution in [1.29, 1.82) is 0 Å². The van der Waals surface area contributed by atoms with Gasteiger partial charge in [-0.05, 0) is 41.2 Å². The van der Waals surface area contributed by atoms with Crippen molar-refractivity contribution in [3.8, 4) is 22.5 Å². The van der Waals surface area contributed by atoms with E-state index >= 15 is 0 Å². The Bertz CT molecular complexity index is 1230. The number of nitrogens with zero attached hydrogens (tertiary/aromatic N) is 5. The Kier molecular flexibility index (Phi) is 7.47. The number of aromatic amines is 1. The number of H-pyrrole nitrogens is 1. The van der Waals surface area contributed by atoms with Crippen molar-refractivity contribution in [3.63, 3.8) is 0 Å². The maximum Gasteiger partial charge on any atom is 0.356 e. The summed E-state index contributed by atoms with van der Waals surface area (Å²) in [4.78, 5) is 12.7. The molecule has 176 valence electrons. The van der Waals surface area contributed by atoms with Crippen LogP contribution in [0.4, 0.5) is 0 Å². The summed E-state index contributed by atoms with van der Waals surface area (Å²) >= 11 is 0. The number of ether oxygens (including phenoxy) is 1. The van der Waals surface area contributed by atoms with Gasteiger partial charge >= 0.3 is 5.97 Å². The van der Waals surface area contributed by atoms with Crippen molar-refractivity contribution in [2.24, 2.45) is 0 Å². The predicted molar refractivity (Wildman–Crippen MR) is 130 cm³/mol. The Hall–Kier alpha value is -3.81. The first-order valence-corrected chi connectivity index (χ1v) is 11.7. The molecule has 0 unspecified atom stereocenters. The molecule has 4 aromatic rings. The van der Waals surface area contributed by atoms with E-state index in [1.54, 1.807) is 0 Å². The van der Waals surface area contributed by atoms with Gasteiger partial charge in [0.1, 0.15) is 5.69 Å². The third-order valence-electron chi connectivity index (χ3n) is 5.87. The highest BCUT2D eigenvalue weighted by atomic mass is 16.5. The zero-order valence-electron chi connectivity index (χ0n) is 19.9. The predicted octanol–water partition coefficient (Wildman–Crippen LogP) is 4.86. The maximum absolute atomic E-state index is 12.7. The number of esters is 1. The van der Waals surface area contributed by atoms with E-state index in [0.717, 1.165) is 59.2 Å². The van der Waals surface area contributed by atoms with Crippen LogP contribution in [0.1, 0.15) is 60.4 Å². The van der Waals surface area contributed by atoms with Crippen LogP contribution in [0.25, 0.3) is 22.5 Å². The normalized spacial score (nSPS) is 11.0. The van der Waals surface area contributed by atoms with E-state index in [4.69, 9.17) is 9.84 Å². The number of aryl methyl sites for hydroxylation is 2. The number of aromatic nitrogens is 6. The summed E-state index contributed by atoms with van der Waals surface area (Å²) in [7, 11) is 1.43. The molecule has 2 aromatic carbocycles. The highest BCUT2D eigenvalue weighted by Crippen LogP contribution is 2.30. The first-order chi connectivity index (χ1) is 16.7. The van der Waals surface area contributed by atoms with Gasteiger partial charge in [0.05, 0.1) is 12.8 Å². The van der Waals surface area contributed by atoms with E-state index in [0.29, 0.717) is 24.5 Å². The fourth-order valence-electron chi connectivity index (χ4n) is 4.19. The van der Waals surface area contributed by atoms with Gasteiger partial charge < -0.3 is 4.74 Å². The topological polar surface area (TPSA) is 98.6 Å². The summed E-state index contributed by atoms with van der Waals surface area (Å²) in [6.45, 7) is 4.93. The Morgan fingerprint density at radius 1 is 1.03 bits per heavy atom. The maximum atomic E-state index is 12.7. The van der Waals surface area contributed by atoms with Crippen molar-refractivity contribution in [3.05, 3.63) is 71.0 Å². The number of nitrogens with one attached hydrogen (secondary N) is 1. The lowest BCUT2D eigenvalue weighted by molar-refractivity contribution is 0.0585. The molecular weight excluding hydrogens is 428 g/mol. The van der Waals surface area contributed by atoms with Crippen LogP contribution in [0.2, 0.25) is 0 Å². The Labute approximate surface area is 199 Å². The van der Waals surface area contributed by atoms with Gasteiger partial charge in [0.25, 0.3) is 0 Å². The molecule has 0 aliphatic heterocycles. The van der Waals surface area contributed by atoms with Gasteiger partial charge in [-0.3, -0.25) is 4.68 Å². The van der Waals surface area contributed by atoms with Crippen LogP contribution in [0.5, 0.6) is 0 Å². The van der Waals surface area contributed by atoms with Crippen LogP contribution in [0, 0.1) is 0 Å². The van der Waals surface area contributed by atoms with Gasteiger partial charge in [0, 0.05) is 24.1 Å². The molecule has 1 N–H and O–H groups in total. The second-order valence-corrected chi connectivity index (χ2v) is 8.25. The number of unbranched alkanes of at least 4 members (excludes halogenated alkanes) is 1. The van der Waals surface area contributed by atoms with Gasteiger partial charge in [0.2, 0.25) is 5.82 Å². The second-order valence-electron chi connectivity index (χ2n) is 8.25. The van der Waals surface area contributed by atoms with Gasteiger partial charge in [-0.15, -0.1) is 10.2 Å². The minimum absolute atomic E-state index is 0.329. The molecule has 0 spiro atoms. The average Bonchev–Trinajstić information content (AvgIpc) is 3.52. The molecule has 8 nitrogen and oxygen atoms in total. The summed E-state index contributed by atoms with van der Waals surface area (Å²) < 4.78 is 6.95. The molecule has 0 bridgehead atoms. The van der Waals surface area contributed by atoms with Crippen LogP contribution in [-0.4, -0.2) is 43.5 Å². The summed E-state index contributed by atoms with van der Waals surface area (Å²) in [5.74, 6) is 0.232. The van der Waals surface area contributed by atoms with Crippen molar-refractivity contribution in [2.75, 3.05) is 7.11 Å². The standard InChI is InChI=1S/C26H30N6O2/c1-4-6-11-23-22(24(26(33)34-3)32(29-23)16-5-2)17-18-12-14-19(15-13-18)20-9-7-8-10-21(20)25-27-30-31-28-25/h7-10,12-15H,4-6,11,16-17H2,1-3H3,(H,27,28,30,31). The third-order valence-corrected chi connectivity index (χ3v) is 5.87. The van der Waals surface area contributed by atoms with Gasteiger partial charge in [-0.25, -0.2) is 4.79 Å². The molecule has 34 heavy (non-hydrogen) atoms. The Morgan fingerprint density at radius 2 is 1.79 bits per heavy atom. The molecule has 4 rings (SSSR count). The van der Waals surface area contributed by atoms with E-state index in [1.807, 2.05) is 28.9 Å². The average molecular weight is 459 g/mol. The van der Waals surface area contributed by atoms with Crippen LogP contribution in [-0.2, 0) is 24.1 Å². The summed E-state index contributed by atoms with van der Waals surface area (Å²) in [5.41, 5.74) is 6.65. The second kappa shape index (κ2) is 10.9. The van der Waals surface area contributed by atoms with Crippen LogP contribution < -0.4 is 0 Å². The molecule has 0 fully saturated rings. The van der Waals surface area contributed by atoms with Gasteiger partial charge in [-0.1, -0.05) is 68.8 Å². The lowest BCUT2D eigenvalue weighted by Gasteiger charge is -2.10. The number of benzene rings is 2. The summed E-state index contributed by atoms with van der Waals surface area (Å²) in [6.07, 6.45) is 4.47. The summed E-state index contributed by atoms with van der Waals surface area (Å²) in [5, 5.41) is 19.3. The zero-order valence-corrected chi connectivity index (χ0v) is 19.9. The first-order valence-electron chi connectivity index (χ1n) is 11.7. The van der Waals surface area contributed by atoms with E-state index in [1.165, 1.54) is 7.11 Å². The number of carbonyl (C=O) groups is 1. The monoisotopic (exact) mass is 458 g/mol. The molecular formula is C26H30N6O2. The summed E-state index contributed by atoms with van der Waals surface area (Å²) in [6, 6.07) is 16.4. The smallest absolute Gasteiger partial charge is 0.356 e. The number of hydrogen-bond donors (Lipinski definition) is 1. The molecule has 0 amide bonds. The van der Waals surface area contributed by atoms with Crippen LogP contribution in [0.3, 0.4) is 0 Å². The van der Waals surface area contributed by atoms with E-state index in [9.17, 15) is 4.79 Å². The van der Waals surface area contributed by atoms with Crippen molar-refractivity contribution in [2.45, 2.75) is 52.5 Å². The fraction of sp³-hybridized carbons (Fsp3) is 0.346. The van der Waals surface area contributed by atoms with E-state index in [-0.39, 0.29) is 5.97 Å². The molecule has 0 aliphatic carbocycles. The largest absolute Gasteiger partial charge is 0.464 e. The molecule has 0 radical (unpaired) electrons. The molecule has 2 heterocycles. The number of methoxy groups -OCH3 is 1. The number of carbonyl (C=O) groups excluding carboxylic acids is 1. The molecule has 0 atom stereocenters. The fourth-order valence-corrected chi connectivity index (χ4v) is 4.19. The number of rotatable bonds is 10. The quantitative estimate of drug-likeness (QED) is 0.341. The van der Waals surface area contributed by atoms with Crippen molar-refractivity contribution < 1.29 is 9.53 Å². The molecule has 8 heteroatoms. The van der Waals surface area contributed by atoms with Crippen molar-refractivity contribution >= 4 is 5.97 Å². The minimum Gasteiger partial charge on any atom is -0.464 e. The van der Waals surface area contributed by atoms with E-state index < -0.39 is 0 Å². The highest BCUT2D eigenvalue weighted by molar-refractivity contribution is 5.89. The Morgan fingerprint density at radius 3 is 2.44 bits per heavy atom. The zero-order chi connectivity index (χ0) is 23.9. The highest BCUT2D eigenvalue weighted by Gasteiger charge is 2.24. The van der Waals surface area contributed by atoms with Crippen molar-refractivity contribution in [1.82, 2.24) is 30.4 Å². The third kappa shape index (κ3) is 4.90. The molecule has 0 saturated carbocycles. The Balaban J connectivity index is 1.67. The SMILES string of the molecule is CCCCc1nn(CCC)c(C(=O)OC)c1Cc1ccc(-c2ccccc2-c2nn[nH]n2)cc1. The number of hydrogen-bond acceptors (Lipinski definition) is 6. The number of tetrazole rings is 1. The van der Waals surface area contributed by atoms with E-state index in [2.05, 4.69) is 58.7 Å². The van der Waals surface area contributed by atoms with Crippen LogP contribution >= 0.6 is 0 Å². The minimum atomic E-state index is -0.329. The van der Waals surface area contributed by atoms with Crippen LogP contribution in [0.15, 0.2) is 48.5 Å². The lowest BCUT2D eigenvalue weighted by Crippen LogP contribution is -2.14. The molecule has 0 aliphatic rings. The van der Waals surface area contributed by atoms with Gasteiger partial charge in [0.15, 0.2) is 0 Å². The van der Waals surface area contributed by atoms with Gasteiger partial charge in [-0.2, -0.15) is 10.3 Å². The molecule has 2 aromatic heterocycles. The first kappa shape index (κ1) is 23.4. The molecule has 0 saturated heterocycles.